The van der Waals surface area contributed by atoms with Gasteiger partial charge >= 0.3 is 12.1 Å². The first-order valence-corrected chi connectivity index (χ1v) is 14.5. The van der Waals surface area contributed by atoms with E-state index in [1.165, 1.54) is 42.6 Å². The molecule has 0 aliphatic carbocycles. The van der Waals surface area contributed by atoms with Crippen LogP contribution < -0.4 is 15.8 Å². The number of anilines is 1. The van der Waals surface area contributed by atoms with Gasteiger partial charge in [0.15, 0.2) is 5.84 Å². The van der Waals surface area contributed by atoms with E-state index in [4.69, 9.17) is 9.57 Å². The first-order valence-electron chi connectivity index (χ1n) is 14.5. The average Bonchev–Trinajstić information content (AvgIpc) is 3.03. The van der Waals surface area contributed by atoms with Crippen molar-refractivity contribution in [3.8, 4) is 0 Å². The fourth-order valence-electron chi connectivity index (χ4n) is 4.99. The number of carbonyl (C=O) groups is 1. The summed E-state index contributed by atoms with van der Waals surface area (Å²) in [6.45, 7) is 5.01. The van der Waals surface area contributed by atoms with Crippen LogP contribution in [0.2, 0.25) is 0 Å². The summed E-state index contributed by atoms with van der Waals surface area (Å²) in [4.78, 5) is 41.4. The largest absolute Gasteiger partial charge is 0.416 e. The van der Waals surface area contributed by atoms with Gasteiger partial charge in [0.2, 0.25) is 5.43 Å². The highest BCUT2D eigenvalue weighted by Crippen LogP contribution is 2.29. The zero-order valence-corrected chi connectivity index (χ0v) is 25.0. The van der Waals surface area contributed by atoms with Crippen LogP contribution in [0.1, 0.15) is 36.1 Å². The highest BCUT2D eigenvalue weighted by atomic mass is 19.4. The number of fused-ring (bicyclic) bond motifs is 1. The van der Waals surface area contributed by atoms with E-state index in [9.17, 15) is 27.2 Å². The predicted octanol–water partition coefficient (Wildman–Crippen LogP) is 5.68. The minimum atomic E-state index is -4.47. The Morgan fingerprint density at radius 3 is 2.30 bits per heavy atom. The standard InChI is InChI=1S/C33H31F5N4O4/c1-32(2,21-7-9-23(34)10-8-21)31(44)46-41-30(39-12-11-20-3-5-22(6-4-20)33(36,37)38)25-19-40-27-18-28(42-13-15-45-16-14-42)26(35)17-24(27)29(25)43/h3-10,17-19H,11-16H2,1-2H3,(H,39,41)(H,40,43). The Balaban J connectivity index is 1.43. The Bertz CT molecular complexity index is 1800. The van der Waals surface area contributed by atoms with E-state index in [-0.39, 0.29) is 29.8 Å². The summed E-state index contributed by atoms with van der Waals surface area (Å²) in [5.41, 5.74) is 1.49. The second-order valence-electron chi connectivity index (χ2n) is 11.3. The van der Waals surface area contributed by atoms with Gasteiger partial charge in [-0.1, -0.05) is 24.3 Å². The molecule has 242 valence electrons. The van der Waals surface area contributed by atoms with Gasteiger partial charge in [-0.15, -0.1) is 0 Å². The molecule has 1 saturated heterocycles. The number of amidine groups is 1. The SMILES string of the molecule is CC(C)(C(=O)ONC(=NCCc1ccc(C(F)(F)F)cc1)c1c[nH]c2cc(N3CCOCC3)c(F)cc2c1=O)c1ccc(F)cc1. The van der Waals surface area contributed by atoms with E-state index in [0.717, 1.165) is 18.2 Å². The van der Waals surface area contributed by atoms with Crippen molar-refractivity contribution in [2.75, 3.05) is 37.7 Å². The molecule has 0 bridgehead atoms. The molecule has 4 aromatic rings. The van der Waals surface area contributed by atoms with Gasteiger partial charge in [0.05, 0.1) is 41.0 Å². The molecule has 1 fully saturated rings. The molecule has 0 radical (unpaired) electrons. The number of H-pyrrole nitrogens is 1. The van der Waals surface area contributed by atoms with Crippen LogP contribution in [0.4, 0.5) is 27.6 Å². The lowest BCUT2D eigenvalue weighted by Gasteiger charge is -2.29. The molecule has 0 spiro atoms. The number of benzene rings is 3. The van der Waals surface area contributed by atoms with Crippen LogP contribution >= 0.6 is 0 Å². The van der Waals surface area contributed by atoms with Crippen molar-refractivity contribution in [1.29, 1.82) is 0 Å². The molecule has 3 aromatic carbocycles. The van der Waals surface area contributed by atoms with Crippen LogP contribution in [0, 0.1) is 11.6 Å². The van der Waals surface area contributed by atoms with Gasteiger partial charge in [0.25, 0.3) is 0 Å². The molecular weight excluding hydrogens is 611 g/mol. The molecule has 0 saturated carbocycles. The highest BCUT2D eigenvalue weighted by Gasteiger charge is 2.33. The summed E-state index contributed by atoms with van der Waals surface area (Å²) in [6, 6.07) is 12.6. The van der Waals surface area contributed by atoms with Crippen LogP contribution in [0.3, 0.4) is 0 Å². The van der Waals surface area contributed by atoms with Crippen LogP contribution in [0.5, 0.6) is 0 Å². The molecule has 5 rings (SSSR count). The lowest BCUT2D eigenvalue weighted by atomic mass is 9.85. The van der Waals surface area contributed by atoms with Crippen molar-refractivity contribution >= 4 is 28.4 Å². The van der Waals surface area contributed by atoms with Crippen LogP contribution in [-0.2, 0) is 32.4 Å². The van der Waals surface area contributed by atoms with E-state index >= 15 is 4.39 Å². The summed E-state index contributed by atoms with van der Waals surface area (Å²) in [5, 5.41) is 0.0298. The lowest BCUT2D eigenvalue weighted by Crippen LogP contribution is -2.39. The minimum absolute atomic E-state index is 0.00555. The number of nitrogens with zero attached hydrogens (tertiary/aromatic N) is 2. The molecule has 2 heterocycles. The number of aliphatic imine (C=N–C) groups is 1. The third kappa shape index (κ3) is 7.20. The quantitative estimate of drug-likeness (QED) is 0.117. The van der Waals surface area contributed by atoms with Crippen LogP contribution in [0.25, 0.3) is 10.9 Å². The number of aromatic nitrogens is 1. The molecule has 0 atom stereocenters. The first kappa shape index (κ1) is 32.6. The van der Waals surface area contributed by atoms with E-state index in [1.807, 2.05) is 4.90 Å². The zero-order valence-electron chi connectivity index (χ0n) is 25.0. The molecule has 13 heteroatoms. The number of ether oxygens (including phenoxy) is 1. The Hall–Kier alpha value is -4.78. The Labute approximate surface area is 260 Å². The third-order valence-electron chi connectivity index (χ3n) is 7.82. The molecule has 1 aromatic heterocycles. The topological polar surface area (TPSA) is 96.0 Å². The predicted molar refractivity (Wildman–Crippen MR) is 163 cm³/mol. The van der Waals surface area contributed by atoms with Gasteiger partial charge in [0, 0.05) is 31.2 Å². The molecule has 1 aliphatic heterocycles. The number of hydrogen-bond donors (Lipinski definition) is 2. The van der Waals surface area contributed by atoms with Crippen molar-refractivity contribution < 1.29 is 36.3 Å². The van der Waals surface area contributed by atoms with Crippen molar-refractivity contribution in [3.63, 3.8) is 0 Å². The van der Waals surface area contributed by atoms with E-state index in [0.29, 0.717) is 48.6 Å². The number of carbonyl (C=O) groups excluding carboxylic acids is 1. The number of halogens is 5. The van der Waals surface area contributed by atoms with Gasteiger partial charge in [-0.25, -0.2) is 13.6 Å². The number of hydroxylamine groups is 1. The fraction of sp³-hybridized carbons (Fsp3) is 0.303. The number of pyridine rings is 1. The van der Waals surface area contributed by atoms with Gasteiger partial charge in [-0.3, -0.25) is 9.79 Å². The molecule has 0 amide bonds. The number of alkyl halides is 3. The molecular formula is C33H31F5N4O4. The second kappa shape index (κ2) is 13.3. The molecule has 1 aliphatic rings. The lowest BCUT2D eigenvalue weighted by molar-refractivity contribution is -0.153. The van der Waals surface area contributed by atoms with Crippen molar-refractivity contribution in [2.45, 2.75) is 31.9 Å². The molecule has 0 unspecified atom stereocenters. The molecule has 46 heavy (non-hydrogen) atoms. The fourth-order valence-corrected chi connectivity index (χ4v) is 4.99. The Morgan fingerprint density at radius 1 is 1.00 bits per heavy atom. The van der Waals surface area contributed by atoms with Gasteiger partial charge < -0.3 is 19.5 Å². The molecule has 8 nitrogen and oxygen atoms in total. The van der Waals surface area contributed by atoms with Gasteiger partial charge in [-0.2, -0.15) is 18.7 Å². The number of aromatic amines is 1. The maximum absolute atomic E-state index is 15.2. The highest BCUT2D eigenvalue weighted by molar-refractivity contribution is 6.01. The zero-order chi connectivity index (χ0) is 33.1. The van der Waals surface area contributed by atoms with E-state index < -0.39 is 40.2 Å². The van der Waals surface area contributed by atoms with Crippen LogP contribution in [-0.4, -0.2) is 49.6 Å². The number of nitrogens with one attached hydrogen (secondary N) is 2. The van der Waals surface area contributed by atoms with Gasteiger partial charge in [0.1, 0.15) is 11.6 Å². The summed E-state index contributed by atoms with van der Waals surface area (Å²) >= 11 is 0. The number of morpholine rings is 1. The number of hydrogen-bond acceptors (Lipinski definition) is 6. The summed E-state index contributed by atoms with van der Waals surface area (Å²) in [7, 11) is 0. The number of rotatable bonds is 7. The molecule has 2 N–H and O–H groups in total. The average molecular weight is 643 g/mol. The van der Waals surface area contributed by atoms with E-state index in [2.05, 4.69) is 15.5 Å². The monoisotopic (exact) mass is 642 g/mol. The van der Waals surface area contributed by atoms with Crippen LogP contribution in [0.15, 0.2) is 76.6 Å². The van der Waals surface area contributed by atoms with Crippen molar-refractivity contribution in [1.82, 2.24) is 10.5 Å². The summed E-state index contributed by atoms with van der Waals surface area (Å²) in [5.74, 6) is -2.00. The van der Waals surface area contributed by atoms with Crippen molar-refractivity contribution in [2.24, 2.45) is 4.99 Å². The van der Waals surface area contributed by atoms with Gasteiger partial charge in [-0.05, 0) is 67.8 Å². The Kier molecular flexibility index (Phi) is 9.42. The second-order valence-corrected chi connectivity index (χ2v) is 11.3. The third-order valence-corrected chi connectivity index (χ3v) is 7.82. The first-order chi connectivity index (χ1) is 21.8. The smallest absolute Gasteiger partial charge is 0.378 e. The summed E-state index contributed by atoms with van der Waals surface area (Å²) < 4.78 is 72.9. The van der Waals surface area contributed by atoms with Crippen molar-refractivity contribution in [3.05, 3.63) is 111 Å². The van der Waals surface area contributed by atoms with E-state index in [1.54, 1.807) is 19.9 Å². The normalized spacial score (nSPS) is 14.4. The summed E-state index contributed by atoms with van der Waals surface area (Å²) in [6.07, 6.45) is -2.92. The minimum Gasteiger partial charge on any atom is -0.378 e. The maximum atomic E-state index is 15.2. The maximum Gasteiger partial charge on any atom is 0.416 e. The Morgan fingerprint density at radius 2 is 1.65 bits per heavy atom.